The minimum absolute atomic E-state index is 0.0874. The third-order valence-corrected chi connectivity index (χ3v) is 1.81. The van der Waals surface area contributed by atoms with E-state index in [1.807, 2.05) is 0 Å². The Morgan fingerprint density at radius 3 is 2.31 bits per heavy atom. The van der Waals surface area contributed by atoms with E-state index >= 15 is 0 Å². The molecule has 0 aromatic heterocycles. The zero-order chi connectivity index (χ0) is 9.73. The quantitative estimate of drug-likeness (QED) is 0.664. The Morgan fingerprint density at radius 1 is 1.15 bits per heavy atom. The van der Waals surface area contributed by atoms with Crippen molar-refractivity contribution < 1.29 is 21.6 Å². The van der Waals surface area contributed by atoms with Crippen LogP contribution < -0.4 is 4.18 Å². The Morgan fingerprint density at radius 2 is 1.77 bits per heavy atom. The molecule has 1 aromatic carbocycles. The number of carbonyl (C=O) groups is 1. The lowest BCUT2D eigenvalue weighted by molar-refractivity contribution is -0.120. The predicted molar refractivity (Wildman–Crippen MR) is 43.1 cm³/mol. The van der Waals surface area contributed by atoms with Gasteiger partial charge in [0.2, 0.25) is 0 Å². The van der Waals surface area contributed by atoms with E-state index in [9.17, 15) is 13.2 Å². The highest BCUT2D eigenvalue weighted by Gasteiger charge is 2.12. The van der Waals surface area contributed by atoms with E-state index in [0.717, 1.165) is 0 Å². The fraction of sp³-hybridized carbons (Fsp3) is 0. The van der Waals surface area contributed by atoms with Crippen molar-refractivity contribution in [3.05, 3.63) is 30.3 Å². The SMILES string of the molecule is O=COS(=O)(=O)Oc1ccccc1. The number of hydrogen-bond donors (Lipinski definition) is 0. The molecule has 0 spiro atoms. The first-order valence-corrected chi connectivity index (χ1v) is 4.59. The molecule has 0 amide bonds. The van der Waals surface area contributed by atoms with Gasteiger partial charge >= 0.3 is 16.9 Å². The van der Waals surface area contributed by atoms with Crippen LogP contribution in [0.2, 0.25) is 0 Å². The second-order valence-corrected chi connectivity index (χ2v) is 3.17. The molecule has 0 heterocycles. The van der Waals surface area contributed by atoms with Crippen LogP contribution in [0.1, 0.15) is 0 Å². The fourth-order valence-electron chi connectivity index (χ4n) is 0.662. The van der Waals surface area contributed by atoms with Gasteiger partial charge in [0.25, 0.3) is 0 Å². The molecule has 0 fully saturated rings. The molecule has 0 aliphatic heterocycles. The molecule has 0 N–H and O–H groups in total. The lowest BCUT2D eigenvalue weighted by Crippen LogP contribution is -2.11. The van der Waals surface area contributed by atoms with E-state index in [0.29, 0.717) is 0 Å². The normalized spacial score (nSPS) is 10.5. The number of hydrogen-bond acceptors (Lipinski definition) is 5. The second-order valence-electron chi connectivity index (χ2n) is 2.00. The van der Waals surface area contributed by atoms with Crippen LogP contribution in [0.5, 0.6) is 5.75 Å². The molecule has 0 atom stereocenters. The molecule has 1 aromatic rings. The van der Waals surface area contributed by atoms with Crippen molar-refractivity contribution in [2.45, 2.75) is 0 Å². The van der Waals surface area contributed by atoms with Gasteiger partial charge in [-0.05, 0) is 12.1 Å². The summed E-state index contributed by atoms with van der Waals surface area (Å²) >= 11 is 0. The summed E-state index contributed by atoms with van der Waals surface area (Å²) in [5.41, 5.74) is 0. The highest BCUT2D eigenvalue weighted by atomic mass is 32.3. The first kappa shape index (κ1) is 9.53. The molecule has 6 heteroatoms. The van der Waals surface area contributed by atoms with Crippen LogP contribution in [0.25, 0.3) is 0 Å². The first-order valence-electron chi connectivity index (χ1n) is 3.25. The van der Waals surface area contributed by atoms with Crippen LogP contribution in [0.4, 0.5) is 0 Å². The molecule has 5 nitrogen and oxygen atoms in total. The molecular weight excluding hydrogens is 196 g/mol. The van der Waals surface area contributed by atoms with Crippen LogP contribution in [0, 0.1) is 0 Å². The average Bonchev–Trinajstić information content (AvgIpc) is 2.04. The van der Waals surface area contributed by atoms with E-state index in [1.165, 1.54) is 12.1 Å². The summed E-state index contributed by atoms with van der Waals surface area (Å²) in [4.78, 5) is 9.73. The van der Waals surface area contributed by atoms with Gasteiger partial charge < -0.3 is 8.37 Å². The standard InChI is InChI=1S/C7H6O5S/c8-6-11-13(9,10)12-7-4-2-1-3-5-7/h1-6H. The third kappa shape index (κ3) is 3.12. The van der Waals surface area contributed by atoms with Gasteiger partial charge in [0.1, 0.15) is 5.75 Å². The number of benzene rings is 1. The van der Waals surface area contributed by atoms with Crippen LogP contribution in [-0.4, -0.2) is 14.9 Å². The summed E-state index contributed by atoms with van der Waals surface area (Å²) in [5.74, 6) is 0.0874. The number of carbonyl (C=O) groups excluding carboxylic acids is 1. The van der Waals surface area contributed by atoms with Gasteiger partial charge in [-0.3, -0.25) is 4.79 Å². The molecule has 0 bridgehead atoms. The highest BCUT2D eigenvalue weighted by molar-refractivity contribution is 7.82. The predicted octanol–water partition coefficient (Wildman–Crippen LogP) is 0.483. The molecule has 0 radical (unpaired) electrons. The molecule has 13 heavy (non-hydrogen) atoms. The molecule has 70 valence electrons. The minimum atomic E-state index is -4.25. The maximum absolute atomic E-state index is 10.7. The lowest BCUT2D eigenvalue weighted by Gasteiger charge is -2.01. The van der Waals surface area contributed by atoms with Crippen molar-refractivity contribution in [1.82, 2.24) is 0 Å². The van der Waals surface area contributed by atoms with Crippen LogP contribution in [0.3, 0.4) is 0 Å². The van der Waals surface area contributed by atoms with E-state index < -0.39 is 10.4 Å². The van der Waals surface area contributed by atoms with Gasteiger partial charge in [-0.2, -0.15) is 0 Å². The van der Waals surface area contributed by atoms with Crippen molar-refractivity contribution in [1.29, 1.82) is 0 Å². The molecule has 0 aliphatic rings. The molecule has 0 saturated carbocycles. The van der Waals surface area contributed by atoms with Gasteiger partial charge in [-0.1, -0.05) is 18.2 Å². The maximum Gasteiger partial charge on any atom is 0.503 e. The third-order valence-electron chi connectivity index (χ3n) is 1.10. The van der Waals surface area contributed by atoms with Crippen LogP contribution in [0.15, 0.2) is 30.3 Å². The Bertz CT molecular complexity index is 369. The average molecular weight is 202 g/mol. The van der Waals surface area contributed by atoms with Gasteiger partial charge in [0, 0.05) is 0 Å². The Hall–Kier alpha value is -1.56. The largest absolute Gasteiger partial charge is 0.503 e. The summed E-state index contributed by atoms with van der Waals surface area (Å²) in [6, 6.07) is 7.72. The summed E-state index contributed by atoms with van der Waals surface area (Å²) in [5, 5.41) is 0. The van der Waals surface area contributed by atoms with Crippen LogP contribution in [-0.2, 0) is 19.4 Å². The summed E-state index contributed by atoms with van der Waals surface area (Å²) in [6.45, 7) is -0.210. The first-order chi connectivity index (χ1) is 6.14. The van der Waals surface area contributed by atoms with Gasteiger partial charge in [0.05, 0.1) is 0 Å². The van der Waals surface area contributed by atoms with Gasteiger partial charge in [-0.15, -0.1) is 8.42 Å². The van der Waals surface area contributed by atoms with Gasteiger partial charge in [-0.25, -0.2) is 0 Å². The summed E-state index contributed by atoms with van der Waals surface area (Å²) in [6.07, 6.45) is 0. The van der Waals surface area contributed by atoms with Crippen molar-refractivity contribution in [2.24, 2.45) is 0 Å². The van der Waals surface area contributed by atoms with Crippen molar-refractivity contribution in [3.63, 3.8) is 0 Å². The van der Waals surface area contributed by atoms with Crippen molar-refractivity contribution in [3.8, 4) is 5.75 Å². The monoisotopic (exact) mass is 202 g/mol. The fourth-order valence-corrected chi connectivity index (χ4v) is 1.14. The summed E-state index contributed by atoms with van der Waals surface area (Å²) < 4.78 is 29.5. The van der Waals surface area contributed by atoms with Crippen molar-refractivity contribution >= 4 is 16.9 Å². The van der Waals surface area contributed by atoms with Crippen LogP contribution >= 0.6 is 0 Å². The highest BCUT2D eigenvalue weighted by Crippen LogP contribution is 2.11. The molecule has 0 aliphatic carbocycles. The molecular formula is C7H6O5S. The number of rotatable bonds is 4. The maximum atomic E-state index is 10.7. The Labute approximate surface area is 75.2 Å². The summed E-state index contributed by atoms with van der Waals surface area (Å²) in [7, 11) is -4.25. The van der Waals surface area contributed by atoms with Crippen molar-refractivity contribution in [2.75, 3.05) is 0 Å². The lowest BCUT2D eigenvalue weighted by atomic mass is 10.3. The molecule has 1 rings (SSSR count). The topological polar surface area (TPSA) is 69.7 Å². The smallest absolute Gasteiger partial charge is 0.353 e. The van der Waals surface area contributed by atoms with E-state index in [2.05, 4.69) is 8.37 Å². The van der Waals surface area contributed by atoms with E-state index in [4.69, 9.17) is 0 Å². The zero-order valence-corrected chi connectivity index (χ0v) is 7.23. The molecule has 0 unspecified atom stereocenters. The van der Waals surface area contributed by atoms with Gasteiger partial charge in [0.15, 0.2) is 0 Å². The van der Waals surface area contributed by atoms with E-state index in [1.54, 1.807) is 18.2 Å². The number of para-hydroxylation sites is 1. The van der Waals surface area contributed by atoms with E-state index in [-0.39, 0.29) is 12.2 Å². The Kier molecular flexibility index (Phi) is 2.86. The minimum Gasteiger partial charge on any atom is -0.353 e. The zero-order valence-electron chi connectivity index (χ0n) is 6.41. The second kappa shape index (κ2) is 3.90. The molecule has 0 saturated heterocycles. The Balaban J connectivity index is 2.75.